The molecule has 0 saturated heterocycles. The fraction of sp³-hybridized carbons (Fsp3) is 0.867. The minimum Gasteiger partial charge on any atom is -0.456 e. The Balaban J connectivity index is 5.01. The second kappa shape index (κ2) is 64.9. The number of phosphoric ester groups is 1. The van der Waals surface area contributed by atoms with E-state index in [0.717, 1.165) is 70.6 Å². The molecule has 0 aliphatic heterocycles. The van der Waals surface area contributed by atoms with Gasteiger partial charge in [0, 0.05) is 12.8 Å². The maximum Gasteiger partial charge on any atom is 0.472 e. The molecule has 3 unspecified atom stereocenters. The molecule has 0 saturated carbocycles. The van der Waals surface area contributed by atoms with Crippen molar-refractivity contribution in [2.24, 2.45) is 0 Å². The van der Waals surface area contributed by atoms with E-state index in [0.29, 0.717) is 23.9 Å². The molecule has 10 heteroatoms. The number of ether oxygens (including phenoxy) is 1. The molecular formula is C75H144N2O7P+. The number of phosphoric acid groups is 1. The zero-order valence-electron chi connectivity index (χ0n) is 57.4. The number of esters is 1. The van der Waals surface area contributed by atoms with Crippen LogP contribution in [-0.4, -0.2) is 74.3 Å². The van der Waals surface area contributed by atoms with Gasteiger partial charge in [-0.1, -0.05) is 333 Å². The summed E-state index contributed by atoms with van der Waals surface area (Å²) < 4.78 is 30.9. The highest BCUT2D eigenvalue weighted by Crippen LogP contribution is 2.43. The SMILES string of the molecule is CCCCC/C=C\C/C=C\C/C=C\CCCCCCCCCCCCCCCCC(=O)NC(COP(=O)(O)OCC[N+](C)(C)C)C(/C=C\CCCCCCCCCCCCC)OC(=O)CCCCCCCCCCCCCCCCCCCCC. The molecule has 500 valence electrons. The summed E-state index contributed by atoms with van der Waals surface area (Å²) in [5, 5.41) is 3.08. The van der Waals surface area contributed by atoms with Crippen LogP contribution in [0.2, 0.25) is 0 Å². The van der Waals surface area contributed by atoms with Gasteiger partial charge in [0.2, 0.25) is 5.91 Å². The van der Waals surface area contributed by atoms with Crippen LogP contribution in [0.15, 0.2) is 48.6 Å². The predicted molar refractivity (Wildman–Crippen MR) is 369 cm³/mol. The summed E-state index contributed by atoms with van der Waals surface area (Å²) in [5.74, 6) is -0.485. The normalized spacial score (nSPS) is 13.7. The fourth-order valence-corrected chi connectivity index (χ4v) is 11.8. The Bertz CT molecular complexity index is 1590. The number of carbonyl (C=O) groups is 2. The van der Waals surface area contributed by atoms with E-state index in [4.69, 9.17) is 13.8 Å². The molecule has 0 fully saturated rings. The van der Waals surface area contributed by atoms with Gasteiger partial charge in [0.25, 0.3) is 0 Å². The van der Waals surface area contributed by atoms with Gasteiger partial charge in [-0.05, 0) is 70.3 Å². The number of nitrogens with zero attached hydrogens (tertiary/aromatic N) is 1. The van der Waals surface area contributed by atoms with Crippen LogP contribution in [0.4, 0.5) is 0 Å². The fourth-order valence-electron chi connectivity index (χ4n) is 11.1. The third-order valence-corrected chi connectivity index (χ3v) is 17.8. The van der Waals surface area contributed by atoms with Crippen molar-refractivity contribution in [1.29, 1.82) is 0 Å². The summed E-state index contributed by atoms with van der Waals surface area (Å²) in [6.45, 7) is 7.05. The number of rotatable bonds is 68. The number of carbonyl (C=O) groups excluding carboxylic acids is 2. The quantitative estimate of drug-likeness (QED) is 0.0205. The summed E-state index contributed by atoms with van der Waals surface area (Å²) in [5.41, 5.74) is 0. The number of allylic oxidation sites excluding steroid dienone is 7. The molecule has 2 N–H and O–H groups in total. The van der Waals surface area contributed by atoms with Crippen LogP contribution in [0.1, 0.15) is 367 Å². The molecule has 0 aromatic carbocycles. The van der Waals surface area contributed by atoms with E-state index in [1.165, 1.54) is 263 Å². The lowest BCUT2D eigenvalue weighted by Gasteiger charge is -2.27. The van der Waals surface area contributed by atoms with Crippen molar-refractivity contribution in [3.8, 4) is 0 Å². The highest BCUT2D eigenvalue weighted by Gasteiger charge is 2.30. The van der Waals surface area contributed by atoms with Crippen LogP contribution >= 0.6 is 7.82 Å². The van der Waals surface area contributed by atoms with Crippen molar-refractivity contribution < 1.29 is 37.3 Å². The van der Waals surface area contributed by atoms with Crippen LogP contribution in [0.25, 0.3) is 0 Å². The topological polar surface area (TPSA) is 111 Å². The molecule has 3 atom stereocenters. The first-order valence-electron chi connectivity index (χ1n) is 37.0. The summed E-state index contributed by atoms with van der Waals surface area (Å²) >= 11 is 0. The number of hydrogen-bond donors (Lipinski definition) is 2. The molecular weight excluding hydrogens is 1070 g/mol. The Morgan fingerprint density at radius 3 is 1.09 bits per heavy atom. The Morgan fingerprint density at radius 2 is 0.718 bits per heavy atom. The van der Waals surface area contributed by atoms with Crippen molar-refractivity contribution >= 4 is 19.7 Å². The lowest BCUT2D eigenvalue weighted by molar-refractivity contribution is -0.870. The second-order valence-corrected chi connectivity index (χ2v) is 27.9. The third-order valence-electron chi connectivity index (χ3n) is 16.8. The van der Waals surface area contributed by atoms with Crippen LogP contribution in [0, 0.1) is 0 Å². The molecule has 0 aromatic heterocycles. The first kappa shape index (κ1) is 83.0. The van der Waals surface area contributed by atoms with Crippen molar-refractivity contribution in [3.63, 3.8) is 0 Å². The molecule has 85 heavy (non-hydrogen) atoms. The molecule has 9 nitrogen and oxygen atoms in total. The van der Waals surface area contributed by atoms with E-state index in [1.807, 2.05) is 27.2 Å². The first-order chi connectivity index (χ1) is 41.4. The average Bonchev–Trinajstić information content (AvgIpc) is 3.53. The molecule has 0 aromatic rings. The number of nitrogens with one attached hydrogen (secondary N) is 1. The van der Waals surface area contributed by atoms with E-state index < -0.39 is 20.0 Å². The van der Waals surface area contributed by atoms with Crippen LogP contribution < -0.4 is 5.32 Å². The Kier molecular flexibility index (Phi) is 63.4. The summed E-state index contributed by atoms with van der Waals surface area (Å²) in [7, 11) is 1.51. The number of amides is 1. The van der Waals surface area contributed by atoms with Gasteiger partial charge in [-0.15, -0.1) is 0 Å². The van der Waals surface area contributed by atoms with E-state index in [9.17, 15) is 19.0 Å². The Hall–Kier alpha value is -2.03. The molecule has 0 spiro atoms. The number of quaternary nitrogens is 1. The van der Waals surface area contributed by atoms with Crippen LogP contribution in [0.3, 0.4) is 0 Å². The second-order valence-electron chi connectivity index (χ2n) is 26.5. The minimum atomic E-state index is -4.45. The summed E-state index contributed by atoms with van der Waals surface area (Å²) in [4.78, 5) is 38.0. The van der Waals surface area contributed by atoms with Gasteiger partial charge in [0.1, 0.15) is 19.3 Å². The zero-order valence-corrected chi connectivity index (χ0v) is 58.3. The molecule has 0 rings (SSSR count). The van der Waals surface area contributed by atoms with Crippen molar-refractivity contribution in [2.45, 2.75) is 380 Å². The van der Waals surface area contributed by atoms with E-state index in [1.54, 1.807) is 0 Å². The Labute approximate surface area is 529 Å². The first-order valence-corrected chi connectivity index (χ1v) is 38.5. The largest absolute Gasteiger partial charge is 0.472 e. The highest BCUT2D eigenvalue weighted by atomic mass is 31.2. The van der Waals surface area contributed by atoms with Crippen LogP contribution in [0.5, 0.6) is 0 Å². The van der Waals surface area contributed by atoms with Crippen molar-refractivity contribution in [3.05, 3.63) is 48.6 Å². The van der Waals surface area contributed by atoms with Gasteiger partial charge in [0.05, 0.1) is 33.8 Å². The van der Waals surface area contributed by atoms with Crippen molar-refractivity contribution in [1.82, 2.24) is 5.32 Å². The van der Waals surface area contributed by atoms with E-state index >= 15 is 0 Å². The number of hydrogen-bond acceptors (Lipinski definition) is 6. The van der Waals surface area contributed by atoms with Gasteiger partial charge in [0.15, 0.2) is 0 Å². The van der Waals surface area contributed by atoms with Gasteiger partial charge in [-0.25, -0.2) is 4.57 Å². The van der Waals surface area contributed by atoms with E-state index in [-0.39, 0.29) is 25.1 Å². The smallest absolute Gasteiger partial charge is 0.456 e. The summed E-state index contributed by atoms with van der Waals surface area (Å²) in [6.07, 6.45) is 82.7. The molecule has 0 aliphatic carbocycles. The van der Waals surface area contributed by atoms with Crippen LogP contribution in [-0.2, 0) is 27.9 Å². The maximum atomic E-state index is 13.6. The lowest BCUT2D eigenvalue weighted by Crippen LogP contribution is -2.47. The maximum absolute atomic E-state index is 13.6. The standard InChI is InChI=1S/C75H143N2O7P/c1-7-10-13-16-19-22-25-28-30-32-34-35-36-37-38-39-40-41-43-44-46-49-52-55-58-61-64-67-74(78)76-72(71-83-85(80,81)82-70-69-77(4,5)6)73(66-63-60-57-54-51-48-27-24-21-18-15-12-9-3)84-75(79)68-65-62-59-56-53-50-47-45-42-33-31-29-26-23-20-17-14-11-8-2/h19,22,28,30,34-35,63,66,72-73H,7-18,20-21,23-27,29,31-33,36-62,64-65,67-71H2,1-6H3,(H-,76,78,80,81)/p+1/b22-19-,30-28-,35-34-,66-63-. The number of unbranched alkanes of at least 4 members (excludes halogenated alkanes) is 46. The van der Waals surface area contributed by atoms with Gasteiger partial charge >= 0.3 is 13.8 Å². The number of likely N-dealkylation sites (N-methyl/N-ethyl adjacent to an activating group) is 1. The molecule has 1 amide bonds. The third kappa shape index (κ3) is 66.2. The van der Waals surface area contributed by atoms with Crippen molar-refractivity contribution in [2.75, 3.05) is 40.9 Å². The average molecular weight is 1220 g/mol. The molecule has 0 radical (unpaired) electrons. The minimum absolute atomic E-state index is 0.0425. The monoisotopic (exact) mass is 1220 g/mol. The van der Waals surface area contributed by atoms with Gasteiger partial charge in [-0.3, -0.25) is 18.6 Å². The highest BCUT2D eigenvalue weighted by molar-refractivity contribution is 7.47. The van der Waals surface area contributed by atoms with Gasteiger partial charge < -0.3 is 19.4 Å². The summed E-state index contributed by atoms with van der Waals surface area (Å²) in [6, 6.07) is -0.847. The molecule has 0 bridgehead atoms. The zero-order chi connectivity index (χ0) is 62.1. The Morgan fingerprint density at radius 1 is 0.412 bits per heavy atom. The van der Waals surface area contributed by atoms with Gasteiger partial charge in [-0.2, -0.15) is 0 Å². The lowest BCUT2D eigenvalue weighted by atomic mass is 10.0. The predicted octanol–water partition coefficient (Wildman–Crippen LogP) is 23.6. The molecule has 0 aliphatic rings. The molecule has 0 heterocycles. The van der Waals surface area contributed by atoms with E-state index in [2.05, 4.69) is 68.6 Å².